The molecule has 0 aromatic rings. The molecule has 0 heterocycles. The third kappa shape index (κ3) is 2.85. The number of ketones is 1. The predicted octanol–water partition coefficient (Wildman–Crippen LogP) is 6.32. The molecule has 4 saturated carbocycles. The molecule has 5 aliphatic rings. The van der Waals surface area contributed by atoms with Crippen molar-refractivity contribution in [3.8, 4) is 0 Å². The first-order valence-electron chi connectivity index (χ1n) is 13.7. The first kappa shape index (κ1) is 24.0. The molecule has 2 N–H and O–H groups in total. The van der Waals surface area contributed by atoms with Crippen LogP contribution in [0.25, 0.3) is 0 Å². The van der Waals surface area contributed by atoms with Crippen LogP contribution >= 0.6 is 0 Å². The predicted molar refractivity (Wildman–Crippen MR) is 132 cm³/mol. The van der Waals surface area contributed by atoms with Crippen molar-refractivity contribution in [1.82, 2.24) is 0 Å². The van der Waals surface area contributed by atoms with E-state index >= 15 is 0 Å². The summed E-state index contributed by atoms with van der Waals surface area (Å²) < 4.78 is 0. The number of fused-ring (bicyclic) bond motifs is 7. The monoisotopic (exact) mass is 456 g/mol. The molecular weight excluding hydrogens is 408 g/mol. The third-order valence-electron chi connectivity index (χ3n) is 12.8. The fraction of sp³-hybridized carbons (Fsp3) is 0.900. The Morgan fingerprint density at radius 2 is 1.48 bits per heavy atom. The lowest BCUT2D eigenvalue weighted by Crippen LogP contribution is -2.71. The maximum absolute atomic E-state index is 13.0. The fourth-order valence-electron chi connectivity index (χ4n) is 10.4. The van der Waals surface area contributed by atoms with Crippen LogP contribution in [0.15, 0.2) is 11.6 Å². The largest absolute Gasteiger partial charge is 0.393 e. The van der Waals surface area contributed by atoms with Gasteiger partial charge in [-0.1, -0.05) is 67.0 Å². The zero-order chi connectivity index (χ0) is 24.4. The molecule has 4 fully saturated rings. The summed E-state index contributed by atoms with van der Waals surface area (Å²) in [4.78, 5) is 13.0. The zero-order valence-corrected chi connectivity index (χ0v) is 22.4. The van der Waals surface area contributed by atoms with Gasteiger partial charge in [0.05, 0.1) is 12.2 Å². The molecule has 186 valence electrons. The van der Waals surface area contributed by atoms with Gasteiger partial charge < -0.3 is 10.2 Å². The minimum atomic E-state index is -0.663. The molecule has 0 amide bonds. The summed E-state index contributed by atoms with van der Waals surface area (Å²) in [5, 5.41) is 23.4. The number of rotatable bonds is 0. The molecule has 3 nitrogen and oxygen atoms in total. The van der Waals surface area contributed by atoms with Crippen molar-refractivity contribution in [2.75, 3.05) is 0 Å². The van der Waals surface area contributed by atoms with Crippen LogP contribution in [0.4, 0.5) is 0 Å². The van der Waals surface area contributed by atoms with Gasteiger partial charge in [0.1, 0.15) is 5.78 Å². The average molecular weight is 457 g/mol. The zero-order valence-electron chi connectivity index (χ0n) is 22.4. The van der Waals surface area contributed by atoms with E-state index in [0.717, 1.165) is 19.3 Å². The van der Waals surface area contributed by atoms with Gasteiger partial charge >= 0.3 is 0 Å². The number of hydrogen-bond acceptors (Lipinski definition) is 3. The van der Waals surface area contributed by atoms with Crippen LogP contribution in [0.2, 0.25) is 0 Å². The number of carbonyl (C=O) groups is 1. The van der Waals surface area contributed by atoms with E-state index in [1.54, 1.807) is 5.57 Å². The quantitative estimate of drug-likeness (QED) is 0.419. The highest BCUT2D eigenvalue weighted by molar-refractivity contribution is 5.86. The minimum Gasteiger partial charge on any atom is -0.393 e. The Balaban J connectivity index is 1.63. The van der Waals surface area contributed by atoms with E-state index in [0.29, 0.717) is 5.92 Å². The number of Topliss-reactive ketones (excluding diaryl/α,β-unsaturated/α-hetero) is 1. The van der Waals surface area contributed by atoms with Gasteiger partial charge in [0.15, 0.2) is 0 Å². The van der Waals surface area contributed by atoms with Crippen LogP contribution in [0, 0.1) is 50.2 Å². The highest BCUT2D eigenvalue weighted by Gasteiger charge is 2.72. The number of aliphatic hydroxyl groups excluding tert-OH is 2. The molecule has 0 unspecified atom stereocenters. The van der Waals surface area contributed by atoms with Gasteiger partial charge in [0.2, 0.25) is 0 Å². The molecule has 0 saturated heterocycles. The molecule has 0 radical (unpaired) electrons. The molecule has 5 aliphatic carbocycles. The van der Waals surface area contributed by atoms with Crippen molar-refractivity contribution in [2.24, 2.45) is 50.2 Å². The van der Waals surface area contributed by atoms with Crippen LogP contribution in [0.1, 0.15) is 107 Å². The van der Waals surface area contributed by atoms with Crippen molar-refractivity contribution in [1.29, 1.82) is 0 Å². The third-order valence-corrected chi connectivity index (χ3v) is 12.8. The van der Waals surface area contributed by atoms with E-state index < -0.39 is 23.0 Å². The second-order valence-electron chi connectivity index (χ2n) is 15.1. The first-order valence-corrected chi connectivity index (χ1v) is 13.7. The van der Waals surface area contributed by atoms with Crippen molar-refractivity contribution < 1.29 is 15.0 Å². The van der Waals surface area contributed by atoms with Crippen molar-refractivity contribution in [3.05, 3.63) is 11.6 Å². The van der Waals surface area contributed by atoms with Gasteiger partial charge in [0, 0.05) is 17.3 Å². The van der Waals surface area contributed by atoms with E-state index in [2.05, 4.69) is 61.5 Å². The second kappa shape index (κ2) is 6.75. The molecular formula is C30H48O3. The Bertz CT molecular complexity index is 900. The maximum atomic E-state index is 13.0. The number of hydrogen-bond donors (Lipinski definition) is 2. The fourth-order valence-corrected chi connectivity index (χ4v) is 10.4. The standard InChI is InChI=1S/C30H48O3/c1-25(2)11-12-27(5)13-14-28(6)18(19(27)17-25)15-20(31)24-29(28,7)10-9-21-26(3,4)22(32)16-23(33)30(21,24)8/h17-18,20-21,23-24,31,33H,9-16H2,1-8H3/t18-,20-,21+,23-,24+,27-,28-,29-,30-/m1/s1. The van der Waals surface area contributed by atoms with Crippen molar-refractivity contribution in [2.45, 2.75) is 119 Å². The van der Waals surface area contributed by atoms with E-state index in [1.807, 2.05) is 0 Å². The lowest BCUT2D eigenvalue weighted by Gasteiger charge is -2.73. The summed E-state index contributed by atoms with van der Waals surface area (Å²) in [6, 6.07) is 0. The van der Waals surface area contributed by atoms with Crippen LogP contribution in [-0.4, -0.2) is 28.2 Å². The van der Waals surface area contributed by atoms with E-state index in [4.69, 9.17) is 0 Å². The lowest BCUT2D eigenvalue weighted by atomic mass is 9.32. The highest BCUT2D eigenvalue weighted by Crippen LogP contribution is 2.76. The number of aliphatic hydroxyl groups is 2. The van der Waals surface area contributed by atoms with E-state index in [1.165, 1.54) is 25.7 Å². The van der Waals surface area contributed by atoms with Crippen LogP contribution in [0.3, 0.4) is 0 Å². The molecule has 0 aromatic heterocycles. The van der Waals surface area contributed by atoms with Crippen molar-refractivity contribution >= 4 is 5.78 Å². The Morgan fingerprint density at radius 3 is 2.15 bits per heavy atom. The van der Waals surface area contributed by atoms with E-state index in [-0.39, 0.29) is 45.7 Å². The first-order chi connectivity index (χ1) is 15.0. The molecule has 0 spiro atoms. The van der Waals surface area contributed by atoms with E-state index in [9.17, 15) is 15.0 Å². The van der Waals surface area contributed by atoms with Gasteiger partial charge in [-0.2, -0.15) is 0 Å². The molecule has 3 heteroatoms. The summed E-state index contributed by atoms with van der Waals surface area (Å²) in [6.07, 6.45) is 9.47. The topological polar surface area (TPSA) is 57.5 Å². The maximum Gasteiger partial charge on any atom is 0.141 e. The number of carbonyl (C=O) groups excluding carboxylic acids is 1. The normalized spacial score (nSPS) is 54.9. The minimum absolute atomic E-state index is 0.0222. The smallest absolute Gasteiger partial charge is 0.141 e. The Hall–Kier alpha value is -0.670. The highest BCUT2D eigenvalue weighted by atomic mass is 16.3. The van der Waals surface area contributed by atoms with Gasteiger partial charge in [0.25, 0.3) is 0 Å². The van der Waals surface area contributed by atoms with Crippen molar-refractivity contribution in [3.63, 3.8) is 0 Å². The molecule has 33 heavy (non-hydrogen) atoms. The van der Waals surface area contributed by atoms with Crippen LogP contribution in [-0.2, 0) is 4.79 Å². The van der Waals surface area contributed by atoms with Gasteiger partial charge in [-0.3, -0.25) is 4.79 Å². The Morgan fingerprint density at radius 1 is 0.848 bits per heavy atom. The summed E-state index contributed by atoms with van der Waals surface area (Å²) in [6.45, 7) is 18.6. The molecule has 9 atom stereocenters. The average Bonchev–Trinajstić information content (AvgIpc) is 2.69. The SMILES string of the molecule is CC1(C)C=C2[C@H]3C[C@@H](O)[C@@H]4[C@@]5(C)[C@H](O)CC(=O)C(C)(C)[C@@H]5CC[C@@]4(C)[C@]3(C)CC[C@@]2(C)CC1. The molecule has 0 bridgehead atoms. The number of allylic oxidation sites excluding steroid dienone is 2. The summed E-state index contributed by atoms with van der Waals surface area (Å²) in [5.74, 6) is 0.742. The Kier molecular flexibility index (Phi) is 4.92. The summed E-state index contributed by atoms with van der Waals surface area (Å²) >= 11 is 0. The lowest BCUT2D eigenvalue weighted by molar-refractivity contribution is -0.267. The molecule has 0 aromatic carbocycles. The van der Waals surface area contributed by atoms with Gasteiger partial charge in [-0.15, -0.1) is 0 Å². The summed E-state index contributed by atoms with van der Waals surface area (Å²) in [7, 11) is 0. The summed E-state index contributed by atoms with van der Waals surface area (Å²) in [5.41, 5.74) is 1.30. The molecule has 0 aliphatic heterocycles. The van der Waals surface area contributed by atoms with Gasteiger partial charge in [-0.05, 0) is 84.4 Å². The second-order valence-corrected chi connectivity index (χ2v) is 15.1. The van der Waals surface area contributed by atoms with Gasteiger partial charge in [-0.25, -0.2) is 0 Å². The van der Waals surface area contributed by atoms with Crippen LogP contribution < -0.4 is 0 Å². The molecule has 5 rings (SSSR count). The Labute approximate surface area is 201 Å². The van der Waals surface area contributed by atoms with Crippen LogP contribution in [0.5, 0.6) is 0 Å².